The molecule has 0 aliphatic heterocycles. The number of nitrogens with zero attached hydrogens (tertiary/aromatic N) is 2. The lowest BCUT2D eigenvalue weighted by Gasteiger charge is -1.97. The zero-order valence-electron chi connectivity index (χ0n) is 6.51. The van der Waals surface area contributed by atoms with Gasteiger partial charge in [-0.15, -0.1) is 0 Å². The molecule has 0 saturated carbocycles. The monoisotopic (exact) mass is 262 g/mol. The van der Waals surface area contributed by atoms with Gasteiger partial charge in [-0.25, -0.2) is 0 Å². The Bertz CT molecular complexity index is 384. The number of phenols is 1. The van der Waals surface area contributed by atoms with Gasteiger partial charge in [0.1, 0.15) is 0 Å². The molecule has 0 spiro atoms. The van der Waals surface area contributed by atoms with Gasteiger partial charge in [0.15, 0.2) is 5.75 Å². The number of halogens is 1. The normalized spacial score (nSPS) is 9.79. The fourth-order valence-electron chi connectivity index (χ4n) is 0.826. The van der Waals surface area contributed by atoms with Crippen molar-refractivity contribution < 1.29 is 15.0 Å². The van der Waals surface area contributed by atoms with Crippen LogP contribution in [0.2, 0.25) is 0 Å². The highest BCUT2D eigenvalue weighted by Crippen LogP contribution is 2.36. The van der Waals surface area contributed by atoms with Crippen molar-refractivity contribution >= 4 is 27.3 Å². The molecule has 0 fully saturated rings. The summed E-state index contributed by atoms with van der Waals surface area (Å²) in [5.74, 6) is -0.618. The molecule has 8 heteroatoms. The Morgan fingerprint density at radius 1 is 1.14 bits per heavy atom. The van der Waals surface area contributed by atoms with Crippen molar-refractivity contribution in [3.05, 3.63) is 36.8 Å². The van der Waals surface area contributed by atoms with Gasteiger partial charge in [0, 0.05) is 6.07 Å². The summed E-state index contributed by atoms with van der Waals surface area (Å²) in [6.07, 6.45) is 0. The molecule has 1 aromatic rings. The molecular weight excluding hydrogens is 260 g/mol. The van der Waals surface area contributed by atoms with E-state index in [4.69, 9.17) is 5.11 Å². The van der Waals surface area contributed by atoms with Crippen LogP contribution in [0, 0.1) is 20.2 Å². The first-order valence-corrected chi connectivity index (χ1v) is 4.04. The van der Waals surface area contributed by atoms with Gasteiger partial charge < -0.3 is 5.11 Å². The van der Waals surface area contributed by atoms with E-state index in [-0.39, 0.29) is 4.47 Å². The van der Waals surface area contributed by atoms with Crippen LogP contribution in [0.25, 0.3) is 0 Å². The summed E-state index contributed by atoms with van der Waals surface area (Å²) in [6.45, 7) is 0. The van der Waals surface area contributed by atoms with Crippen LogP contribution in [-0.2, 0) is 0 Å². The van der Waals surface area contributed by atoms with E-state index in [0.717, 1.165) is 6.07 Å². The first-order valence-electron chi connectivity index (χ1n) is 3.24. The molecule has 1 rings (SSSR count). The Hall–Kier alpha value is -1.70. The molecule has 74 valence electrons. The molecule has 7 nitrogen and oxygen atoms in total. The molecule has 0 unspecified atom stereocenters. The highest BCUT2D eigenvalue weighted by Gasteiger charge is 2.22. The van der Waals surface area contributed by atoms with Crippen molar-refractivity contribution in [2.75, 3.05) is 0 Å². The largest absolute Gasteiger partial charge is 0.502 e. The van der Waals surface area contributed by atoms with Gasteiger partial charge in [0.05, 0.1) is 20.4 Å². The maximum Gasteiger partial charge on any atom is 0.317 e. The van der Waals surface area contributed by atoms with Crippen LogP contribution in [-0.4, -0.2) is 15.0 Å². The van der Waals surface area contributed by atoms with E-state index >= 15 is 0 Å². The molecule has 0 atom stereocenters. The maximum atomic E-state index is 10.4. The standard InChI is InChI=1S/C6H3BrN2O5/c7-3-1-6(10)5(9(13)14)2-4(3)8(11)12/h1-2,10H. The Kier molecular flexibility index (Phi) is 2.65. The van der Waals surface area contributed by atoms with Gasteiger partial charge in [-0.2, -0.15) is 0 Å². The molecule has 0 heterocycles. The van der Waals surface area contributed by atoms with Crippen molar-refractivity contribution in [3.8, 4) is 5.75 Å². The Morgan fingerprint density at radius 2 is 1.64 bits per heavy atom. The van der Waals surface area contributed by atoms with Crippen LogP contribution >= 0.6 is 15.9 Å². The second-order valence-electron chi connectivity index (χ2n) is 2.31. The Balaban J connectivity index is 3.42. The number of nitro groups is 2. The number of benzene rings is 1. The fraction of sp³-hybridized carbons (Fsp3) is 0. The predicted octanol–water partition coefficient (Wildman–Crippen LogP) is 1.97. The quantitative estimate of drug-likeness (QED) is 0.648. The van der Waals surface area contributed by atoms with Crippen LogP contribution in [0.3, 0.4) is 0 Å². The third-order valence-corrected chi connectivity index (χ3v) is 2.07. The van der Waals surface area contributed by atoms with Crippen LogP contribution in [0.1, 0.15) is 0 Å². The number of rotatable bonds is 2. The van der Waals surface area contributed by atoms with Crippen LogP contribution in [0.15, 0.2) is 16.6 Å². The molecule has 0 radical (unpaired) electrons. The zero-order chi connectivity index (χ0) is 10.9. The number of hydrogen-bond acceptors (Lipinski definition) is 5. The Morgan fingerprint density at radius 3 is 2.07 bits per heavy atom. The average Bonchev–Trinajstić information content (AvgIpc) is 2.02. The highest BCUT2D eigenvalue weighted by atomic mass is 79.9. The van der Waals surface area contributed by atoms with Gasteiger partial charge in [0.25, 0.3) is 5.69 Å². The average molecular weight is 263 g/mol. The van der Waals surface area contributed by atoms with Crippen molar-refractivity contribution in [3.63, 3.8) is 0 Å². The van der Waals surface area contributed by atoms with E-state index in [9.17, 15) is 20.2 Å². The summed E-state index contributed by atoms with van der Waals surface area (Å²) in [5.41, 5.74) is -1.16. The maximum absolute atomic E-state index is 10.4. The molecule has 0 amide bonds. The number of aromatic hydroxyl groups is 1. The lowest BCUT2D eigenvalue weighted by molar-refractivity contribution is -0.395. The SMILES string of the molecule is O=[N+]([O-])c1cc([N+](=O)[O-])c(Br)cc1O. The molecule has 1 aromatic carbocycles. The van der Waals surface area contributed by atoms with E-state index in [1.54, 1.807) is 0 Å². The minimum absolute atomic E-state index is 0.00870. The molecule has 0 saturated heterocycles. The van der Waals surface area contributed by atoms with E-state index in [2.05, 4.69) is 15.9 Å². The molecule has 14 heavy (non-hydrogen) atoms. The minimum Gasteiger partial charge on any atom is -0.502 e. The van der Waals surface area contributed by atoms with E-state index in [0.29, 0.717) is 6.07 Å². The van der Waals surface area contributed by atoms with Crippen LogP contribution < -0.4 is 0 Å². The van der Waals surface area contributed by atoms with Crippen molar-refractivity contribution in [1.29, 1.82) is 0 Å². The van der Waals surface area contributed by atoms with E-state index in [1.807, 2.05) is 0 Å². The van der Waals surface area contributed by atoms with Gasteiger partial charge in [0.2, 0.25) is 0 Å². The summed E-state index contributed by atoms with van der Waals surface area (Å²) >= 11 is 2.81. The molecule has 0 bridgehead atoms. The third-order valence-electron chi connectivity index (χ3n) is 1.44. The zero-order valence-corrected chi connectivity index (χ0v) is 8.09. The number of nitro benzene ring substituents is 2. The lowest BCUT2D eigenvalue weighted by Crippen LogP contribution is -1.93. The second kappa shape index (κ2) is 3.58. The third kappa shape index (κ3) is 1.79. The van der Waals surface area contributed by atoms with Gasteiger partial charge >= 0.3 is 5.69 Å². The summed E-state index contributed by atoms with van der Waals surface area (Å²) in [7, 11) is 0. The van der Waals surface area contributed by atoms with Crippen molar-refractivity contribution in [2.24, 2.45) is 0 Å². The van der Waals surface area contributed by atoms with Crippen molar-refractivity contribution in [2.45, 2.75) is 0 Å². The highest BCUT2D eigenvalue weighted by molar-refractivity contribution is 9.10. The Labute approximate surface area is 85.4 Å². The summed E-state index contributed by atoms with van der Waals surface area (Å²) in [5, 5.41) is 29.8. The minimum atomic E-state index is -0.894. The fourth-order valence-corrected chi connectivity index (χ4v) is 1.30. The molecule has 0 aliphatic carbocycles. The molecule has 0 aromatic heterocycles. The summed E-state index contributed by atoms with van der Waals surface area (Å²) < 4.78 is -0.00870. The van der Waals surface area contributed by atoms with Crippen LogP contribution in [0.5, 0.6) is 5.75 Å². The lowest BCUT2D eigenvalue weighted by atomic mass is 10.2. The smallest absolute Gasteiger partial charge is 0.317 e. The van der Waals surface area contributed by atoms with Gasteiger partial charge in [-0.3, -0.25) is 20.2 Å². The topological polar surface area (TPSA) is 107 Å². The van der Waals surface area contributed by atoms with Crippen LogP contribution in [0.4, 0.5) is 11.4 Å². The van der Waals surface area contributed by atoms with Gasteiger partial charge in [-0.1, -0.05) is 0 Å². The summed E-state index contributed by atoms with van der Waals surface area (Å²) in [6, 6.07) is 1.61. The number of phenolic OH excluding ortho intramolecular Hbond substituents is 1. The number of hydrogen-bond donors (Lipinski definition) is 1. The first kappa shape index (κ1) is 10.4. The van der Waals surface area contributed by atoms with E-state index < -0.39 is 27.0 Å². The summed E-state index contributed by atoms with van der Waals surface area (Å²) in [4.78, 5) is 19.0. The predicted molar refractivity (Wildman–Crippen MR) is 49.1 cm³/mol. The van der Waals surface area contributed by atoms with Gasteiger partial charge in [-0.05, 0) is 15.9 Å². The molecule has 1 N–H and O–H groups in total. The van der Waals surface area contributed by atoms with E-state index in [1.165, 1.54) is 0 Å². The van der Waals surface area contributed by atoms with Crippen molar-refractivity contribution in [1.82, 2.24) is 0 Å². The molecule has 0 aliphatic rings. The first-order chi connectivity index (χ1) is 6.43. The molecular formula is C6H3BrN2O5. The second-order valence-corrected chi connectivity index (χ2v) is 3.16.